The molecule has 0 aromatic heterocycles. The van der Waals surface area contributed by atoms with Crippen molar-refractivity contribution >= 4 is 10.5 Å². The fourth-order valence-corrected chi connectivity index (χ4v) is 1.91. The minimum Gasteiger partial charge on any atom is -0.417 e. The van der Waals surface area contributed by atoms with Crippen molar-refractivity contribution in [1.82, 2.24) is 0 Å². The van der Waals surface area contributed by atoms with Gasteiger partial charge in [0.05, 0.1) is 0 Å². The van der Waals surface area contributed by atoms with Crippen molar-refractivity contribution < 1.29 is 18.6 Å². The quantitative estimate of drug-likeness (QED) is 0.422. The van der Waals surface area contributed by atoms with Crippen LogP contribution in [0.25, 0.3) is 0 Å². The van der Waals surface area contributed by atoms with Crippen LogP contribution in [-0.2, 0) is 18.6 Å². The summed E-state index contributed by atoms with van der Waals surface area (Å²) in [5, 5.41) is 0. The van der Waals surface area contributed by atoms with Crippen LogP contribution in [0.2, 0.25) is 0 Å². The summed E-state index contributed by atoms with van der Waals surface area (Å²) < 4.78 is 21.0. The van der Waals surface area contributed by atoms with Crippen molar-refractivity contribution in [3.05, 3.63) is 0 Å². The van der Waals surface area contributed by atoms with Crippen LogP contribution in [0.4, 0.5) is 0 Å². The average Bonchev–Trinajstić information content (AvgIpc) is 2.25. The summed E-state index contributed by atoms with van der Waals surface area (Å²) in [5.74, 6) is -1.10. The Kier molecular flexibility index (Phi) is 7.34. The zero-order valence-corrected chi connectivity index (χ0v) is 11.4. The molecule has 14 heavy (non-hydrogen) atoms. The maximum absolute atomic E-state index is 5.43. The summed E-state index contributed by atoms with van der Waals surface area (Å²) >= 11 is 0. The molecule has 0 amide bonds. The Bertz CT molecular complexity index is 135. The molecule has 0 saturated heterocycles. The van der Waals surface area contributed by atoms with Crippen molar-refractivity contribution in [2.75, 3.05) is 27.9 Å². The largest absolute Gasteiger partial charge is 0.417 e. The Morgan fingerprint density at radius 3 is 2.00 bits per heavy atom. The minimum atomic E-state index is -1.10. The lowest BCUT2D eigenvalue weighted by atomic mass is 10.1. The summed E-state index contributed by atoms with van der Waals surface area (Å²) in [6, 6.07) is 0. The van der Waals surface area contributed by atoms with E-state index in [9.17, 15) is 0 Å². The molecule has 0 rings (SSSR count). The Morgan fingerprint density at radius 1 is 1.21 bits per heavy atom. The summed E-state index contributed by atoms with van der Waals surface area (Å²) in [5.41, 5.74) is 5.43. The van der Waals surface area contributed by atoms with Crippen LogP contribution < -0.4 is 5.73 Å². The van der Waals surface area contributed by atoms with E-state index < -0.39 is 5.97 Å². The van der Waals surface area contributed by atoms with Crippen molar-refractivity contribution in [3.8, 4) is 0 Å². The molecular formula is C8H21NO4Si. The molecule has 1 atom stereocenters. The lowest BCUT2D eigenvalue weighted by Gasteiger charge is -2.35. The van der Waals surface area contributed by atoms with Crippen LogP contribution in [0, 0.1) is 0 Å². The Balaban J connectivity index is 4.40. The molecule has 2 N–H and O–H groups in total. The van der Waals surface area contributed by atoms with Gasteiger partial charge in [-0.25, -0.2) is 0 Å². The van der Waals surface area contributed by atoms with Crippen LogP contribution in [-0.4, -0.2) is 50.4 Å². The SMILES string of the molecule is COC(OC)(OC)C(CCCN)O[SiH3]. The van der Waals surface area contributed by atoms with Gasteiger partial charge in [-0.05, 0) is 19.4 Å². The van der Waals surface area contributed by atoms with E-state index in [1.165, 1.54) is 21.3 Å². The summed E-state index contributed by atoms with van der Waals surface area (Å²) in [4.78, 5) is 0. The third-order valence-electron chi connectivity index (χ3n) is 2.20. The first-order chi connectivity index (χ1) is 6.70. The van der Waals surface area contributed by atoms with Gasteiger partial charge in [-0.15, -0.1) is 0 Å². The van der Waals surface area contributed by atoms with Gasteiger partial charge in [0.15, 0.2) is 0 Å². The van der Waals surface area contributed by atoms with Gasteiger partial charge in [-0.3, -0.25) is 0 Å². The van der Waals surface area contributed by atoms with Crippen molar-refractivity contribution in [1.29, 1.82) is 0 Å². The van der Waals surface area contributed by atoms with Crippen LogP contribution in [0.1, 0.15) is 12.8 Å². The van der Waals surface area contributed by atoms with Gasteiger partial charge in [-0.2, -0.15) is 0 Å². The molecule has 0 heterocycles. The van der Waals surface area contributed by atoms with Crippen LogP contribution in [0.5, 0.6) is 0 Å². The minimum absolute atomic E-state index is 0.224. The Hall–Kier alpha value is 0.0169. The zero-order chi connectivity index (χ0) is 11.0. The number of ether oxygens (including phenoxy) is 3. The lowest BCUT2D eigenvalue weighted by molar-refractivity contribution is -0.384. The molecule has 0 bridgehead atoms. The fraction of sp³-hybridized carbons (Fsp3) is 1.00. The van der Waals surface area contributed by atoms with E-state index in [0.29, 0.717) is 17.0 Å². The third-order valence-corrected chi connectivity index (χ3v) is 2.77. The topological polar surface area (TPSA) is 62.9 Å². The number of rotatable bonds is 8. The Labute approximate surface area is 88.4 Å². The second kappa shape index (κ2) is 7.33. The van der Waals surface area contributed by atoms with Gasteiger partial charge < -0.3 is 24.4 Å². The molecule has 0 spiro atoms. The summed E-state index contributed by atoms with van der Waals surface area (Å²) in [6.07, 6.45) is 1.39. The first-order valence-electron chi connectivity index (χ1n) is 4.59. The highest BCUT2D eigenvalue weighted by atomic mass is 28.2. The number of hydrogen-bond donors (Lipinski definition) is 1. The van der Waals surface area contributed by atoms with Gasteiger partial charge in [0.1, 0.15) is 16.6 Å². The van der Waals surface area contributed by atoms with E-state index in [-0.39, 0.29) is 6.10 Å². The van der Waals surface area contributed by atoms with E-state index in [0.717, 1.165) is 12.8 Å². The molecule has 0 aliphatic carbocycles. The fourth-order valence-electron chi connectivity index (χ4n) is 1.39. The predicted molar refractivity (Wildman–Crippen MR) is 56.9 cm³/mol. The molecule has 0 aliphatic heterocycles. The normalized spacial score (nSPS) is 14.6. The average molecular weight is 223 g/mol. The van der Waals surface area contributed by atoms with Crippen molar-refractivity contribution in [3.63, 3.8) is 0 Å². The number of nitrogens with two attached hydrogens (primary N) is 1. The number of methoxy groups -OCH3 is 3. The molecule has 0 fully saturated rings. The summed E-state index contributed by atoms with van der Waals surface area (Å²) in [7, 11) is 5.20. The van der Waals surface area contributed by atoms with Crippen molar-refractivity contribution in [2.45, 2.75) is 24.9 Å². The second-order valence-electron chi connectivity index (χ2n) is 2.87. The van der Waals surface area contributed by atoms with Crippen LogP contribution in [0.3, 0.4) is 0 Å². The first-order valence-corrected chi connectivity index (χ1v) is 5.40. The van der Waals surface area contributed by atoms with E-state index in [2.05, 4.69) is 0 Å². The molecule has 0 aromatic carbocycles. The molecule has 0 aromatic rings. The highest BCUT2D eigenvalue weighted by Gasteiger charge is 2.39. The van der Waals surface area contributed by atoms with E-state index in [1.807, 2.05) is 0 Å². The van der Waals surface area contributed by atoms with E-state index >= 15 is 0 Å². The first kappa shape index (κ1) is 14.0. The predicted octanol–water partition coefficient (Wildman–Crippen LogP) is -1.02. The highest BCUT2D eigenvalue weighted by Crippen LogP contribution is 2.23. The second-order valence-corrected chi connectivity index (χ2v) is 3.34. The standard InChI is InChI=1S/C8H21NO4Si/c1-10-8(11-2,12-3)7(13-14)5-4-6-9/h7H,4-6,9H2,1-3,14H3. The lowest BCUT2D eigenvalue weighted by Crippen LogP contribution is -2.49. The van der Waals surface area contributed by atoms with Crippen LogP contribution >= 0.6 is 0 Å². The van der Waals surface area contributed by atoms with E-state index in [4.69, 9.17) is 24.4 Å². The molecule has 0 aliphatic rings. The van der Waals surface area contributed by atoms with Crippen molar-refractivity contribution in [2.24, 2.45) is 5.73 Å². The molecule has 5 nitrogen and oxygen atoms in total. The molecule has 1 unspecified atom stereocenters. The molecule has 0 radical (unpaired) electrons. The molecule has 0 saturated carbocycles. The van der Waals surface area contributed by atoms with Gasteiger partial charge in [0, 0.05) is 21.3 Å². The zero-order valence-electron chi connectivity index (χ0n) is 9.41. The maximum atomic E-state index is 5.43. The van der Waals surface area contributed by atoms with Gasteiger partial charge in [0.2, 0.25) is 0 Å². The molecule has 86 valence electrons. The van der Waals surface area contributed by atoms with E-state index in [1.54, 1.807) is 0 Å². The third kappa shape index (κ3) is 3.30. The van der Waals surface area contributed by atoms with Gasteiger partial charge in [-0.1, -0.05) is 0 Å². The van der Waals surface area contributed by atoms with Crippen LogP contribution in [0.15, 0.2) is 0 Å². The maximum Gasteiger partial charge on any atom is 0.308 e. The van der Waals surface area contributed by atoms with Gasteiger partial charge in [0.25, 0.3) is 0 Å². The highest BCUT2D eigenvalue weighted by molar-refractivity contribution is 5.98. The molecule has 6 heteroatoms. The monoisotopic (exact) mass is 223 g/mol. The number of hydrogen-bond acceptors (Lipinski definition) is 5. The summed E-state index contributed by atoms with van der Waals surface area (Å²) in [6.45, 7) is 0.620. The molecular weight excluding hydrogens is 202 g/mol. The Morgan fingerprint density at radius 2 is 1.71 bits per heavy atom. The smallest absolute Gasteiger partial charge is 0.308 e. The van der Waals surface area contributed by atoms with Gasteiger partial charge >= 0.3 is 5.97 Å².